The van der Waals surface area contributed by atoms with Gasteiger partial charge in [-0.25, -0.2) is 0 Å². The van der Waals surface area contributed by atoms with E-state index in [1.165, 1.54) is 10.4 Å². The van der Waals surface area contributed by atoms with Gasteiger partial charge in [0.2, 0.25) is 0 Å². The van der Waals surface area contributed by atoms with Crippen molar-refractivity contribution in [1.29, 1.82) is 0 Å². The molecule has 0 fully saturated rings. The molecular weight excluding hydrogens is 538 g/mol. The molecule has 0 aliphatic carbocycles. The van der Waals surface area contributed by atoms with Gasteiger partial charge < -0.3 is 19.9 Å². The second-order valence-electron chi connectivity index (χ2n) is 9.38. The fraction of sp³-hybridized carbons (Fsp3) is 0.500. The molecule has 2 N–H and O–H groups in total. The number of fused-ring (bicyclic) bond motifs is 3. The number of hydrogen-bond acceptors (Lipinski definition) is 9. The van der Waals surface area contributed by atoms with Crippen LogP contribution < -0.4 is 5.73 Å². The average Bonchev–Trinajstić information content (AvgIpc) is 3.39. The van der Waals surface area contributed by atoms with Crippen LogP contribution in [0.3, 0.4) is 0 Å². The number of benzene rings is 1. The van der Waals surface area contributed by atoms with Crippen molar-refractivity contribution in [2.24, 2.45) is 10.7 Å². The van der Waals surface area contributed by atoms with Gasteiger partial charge in [0.05, 0.1) is 38.7 Å². The smallest absolute Gasteiger partial charge is 0.163 e. The molecule has 0 saturated carbocycles. The van der Waals surface area contributed by atoms with Crippen LogP contribution in [-0.4, -0.2) is 72.4 Å². The lowest BCUT2D eigenvalue weighted by atomic mass is 9.99. The van der Waals surface area contributed by atoms with Gasteiger partial charge in [-0.3, -0.25) is 14.4 Å². The van der Waals surface area contributed by atoms with Gasteiger partial charge in [0, 0.05) is 47.0 Å². The summed E-state index contributed by atoms with van der Waals surface area (Å²) in [5.41, 5.74) is 9.40. The zero-order chi connectivity index (χ0) is 27.8. The summed E-state index contributed by atoms with van der Waals surface area (Å²) in [5, 5.41) is 10.5. The number of aliphatic imine (C=N–C) groups is 1. The largest absolute Gasteiger partial charge is 0.379 e. The molecular formula is C28H36ClN5O4S. The molecule has 0 saturated heterocycles. The summed E-state index contributed by atoms with van der Waals surface area (Å²) in [6.45, 7) is 9.70. The molecule has 4 rings (SSSR count). The number of ether oxygens (including phenoxy) is 3. The summed E-state index contributed by atoms with van der Waals surface area (Å²) in [4.78, 5) is 19.4. The number of hydrogen-bond donors (Lipinski definition) is 1. The fourth-order valence-electron chi connectivity index (χ4n) is 4.45. The van der Waals surface area contributed by atoms with Crippen molar-refractivity contribution in [3.63, 3.8) is 0 Å². The number of ketones is 1. The Balaban J connectivity index is 1.42. The summed E-state index contributed by atoms with van der Waals surface area (Å²) in [7, 11) is 0. The molecule has 1 atom stereocenters. The number of Topliss-reactive ketones (excluding diaryl/α,β-unsaturated/α-hetero) is 1. The fourth-order valence-corrected chi connectivity index (χ4v) is 5.79. The van der Waals surface area contributed by atoms with E-state index in [1.807, 2.05) is 31.2 Å². The van der Waals surface area contributed by atoms with Gasteiger partial charge in [-0.15, -0.1) is 21.5 Å². The quantitative estimate of drug-likeness (QED) is 0.265. The molecule has 11 heteroatoms. The van der Waals surface area contributed by atoms with Crippen LogP contribution in [0.1, 0.15) is 58.5 Å². The summed E-state index contributed by atoms with van der Waals surface area (Å²) in [6.07, 6.45) is 1.29. The van der Waals surface area contributed by atoms with Crippen LogP contribution in [0.15, 0.2) is 29.3 Å². The van der Waals surface area contributed by atoms with Crippen LogP contribution in [0, 0.1) is 20.8 Å². The first-order valence-corrected chi connectivity index (χ1v) is 14.4. The molecule has 210 valence electrons. The number of rotatable bonds is 15. The Morgan fingerprint density at radius 2 is 1.67 bits per heavy atom. The lowest BCUT2D eigenvalue weighted by Gasteiger charge is -2.12. The van der Waals surface area contributed by atoms with Gasteiger partial charge in [0.1, 0.15) is 22.7 Å². The normalized spacial score (nSPS) is 14.6. The number of halogens is 1. The van der Waals surface area contributed by atoms with E-state index in [1.54, 1.807) is 11.3 Å². The molecule has 2 aromatic heterocycles. The van der Waals surface area contributed by atoms with Crippen LogP contribution in [0.5, 0.6) is 0 Å². The van der Waals surface area contributed by atoms with Crippen LogP contribution in [0.25, 0.3) is 5.00 Å². The molecule has 39 heavy (non-hydrogen) atoms. The first-order valence-electron chi connectivity index (χ1n) is 13.2. The van der Waals surface area contributed by atoms with Crippen molar-refractivity contribution >= 4 is 34.4 Å². The predicted octanol–water partition coefficient (Wildman–Crippen LogP) is 4.55. The van der Waals surface area contributed by atoms with E-state index in [9.17, 15) is 4.79 Å². The number of aromatic nitrogens is 3. The predicted molar refractivity (Wildman–Crippen MR) is 154 cm³/mol. The van der Waals surface area contributed by atoms with Crippen molar-refractivity contribution in [1.82, 2.24) is 14.8 Å². The van der Waals surface area contributed by atoms with Crippen LogP contribution >= 0.6 is 22.9 Å². The maximum absolute atomic E-state index is 13.1. The zero-order valence-electron chi connectivity index (χ0n) is 22.7. The van der Waals surface area contributed by atoms with Gasteiger partial charge >= 0.3 is 0 Å². The van der Waals surface area contributed by atoms with Gasteiger partial charge in [-0.1, -0.05) is 23.7 Å². The minimum absolute atomic E-state index is 0.112. The first kappa shape index (κ1) is 29.5. The molecule has 9 nitrogen and oxygen atoms in total. The Labute approximate surface area is 238 Å². The standard InChI is InChI=1S/C28H36ClN5O4S/c1-18-19(2)39-28-25(18)26(21-6-8-22(29)9-7-21)31-24(27-33-32-20(3)34(27)28)17-23(35)5-4-11-36-13-15-38-16-14-37-12-10-30/h6-9,24H,4-5,10-17,30H2,1-3H3/t24-/m0/s1. The molecule has 0 bridgehead atoms. The zero-order valence-corrected chi connectivity index (χ0v) is 24.3. The van der Waals surface area contributed by atoms with Gasteiger partial charge in [0.15, 0.2) is 5.82 Å². The monoisotopic (exact) mass is 573 g/mol. The van der Waals surface area contributed by atoms with Crippen molar-refractivity contribution in [3.05, 3.63) is 62.5 Å². The highest BCUT2D eigenvalue weighted by Gasteiger charge is 2.32. The van der Waals surface area contributed by atoms with Crippen LogP contribution in [0.2, 0.25) is 5.02 Å². The van der Waals surface area contributed by atoms with E-state index >= 15 is 0 Å². The van der Waals surface area contributed by atoms with Crippen molar-refractivity contribution in [3.8, 4) is 5.00 Å². The van der Waals surface area contributed by atoms with E-state index in [4.69, 9.17) is 36.5 Å². The maximum Gasteiger partial charge on any atom is 0.163 e. The SMILES string of the molecule is Cc1sc2c(c1C)C(c1ccc(Cl)cc1)=N[C@@H](CC(=O)CCCOCCOCCOCCN)c1nnc(C)n1-2. The number of carbonyl (C=O) groups is 1. The number of thiophene rings is 1. The van der Waals surface area contributed by atoms with E-state index < -0.39 is 6.04 Å². The van der Waals surface area contributed by atoms with E-state index in [-0.39, 0.29) is 12.2 Å². The minimum Gasteiger partial charge on any atom is -0.379 e. The van der Waals surface area contributed by atoms with Gasteiger partial charge in [-0.2, -0.15) is 0 Å². The summed E-state index contributed by atoms with van der Waals surface area (Å²) in [5.74, 6) is 1.58. The Morgan fingerprint density at radius 3 is 2.36 bits per heavy atom. The van der Waals surface area contributed by atoms with Crippen molar-refractivity contribution < 1.29 is 19.0 Å². The van der Waals surface area contributed by atoms with E-state index in [0.717, 1.165) is 27.7 Å². The molecule has 3 heterocycles. The lowest BCUT2D eigenvalue weighted by Crippen LogP contribution is -2.14. The highest BCUT2D eigenvalue weighted by atomic mass is 35.5. The molecule has 1 aliphatic heterocycles. The molecule has 1 aliphatic rings. The Hall–Kier alpha value is -2.47. The first-order chi connectivity index (χ1) is 18.9. The Morgan fingerprint density at radius 1 is 1.00 bits per heavy atom. The third-order valence-electron chi connectivity index (χ3n) is 6.53. The van der Waals surface area contributed by atoms with E-state index in [0.29, 0.717) is 69.9 Å². The molecule has 0 spiro atoms. The summed E-state index contributed by atoms with van der Waals surface area (Å²) < 4.78 is 18.4. The molecule has 0 radical (unpaired) electrons. The molecule has 0 amide bonds. The lowest BCUT2D eigenvalue weighted by molar-refractivity contribution is -0.119. The third kappa shape index (κ3) is 7.39. The second kappa shape index (κ2) is 14.2. The summed E-state index contributed by atoms with van der Waals surface area (Å²) >= 11 is 7.88. The van der Waals surface area contributed by atoms with Gasteiger partial charge in [-0.05, 0) is 44.9 Å². The molecule has 3 aromatic rings. The van der Waals surface area contributed by atoms with Crippen molar-refractivity contribution in [2.75, 3.05) is 46.2 Å². The second-order valence-corrected chi connectivity index (χ2v) is 11.0. The minimum atomic E-state index is -0.445. The highest BCUT2D eigenvalue weighted by molar-refractivity contribution is 7.15. The van der Waals surface area contributed by atoms with Crippen molar-refractivity contribution in [2.45, 2.75) is 46.1 Å². The Bertz CT molecular complexity index is 1290. The van der Waals surface area contributed by atoms with E-state index in [2.05, 4.69) is 28.6 Å². The Kier molecular flexibility index (Phi) is 10.8. The average molecular weight is 574 g/mol. The molecule has 1 aromatic carbocycles. The van der Waals surface area contributed by atoms with Gasteiger partial charge in [0.25, 0.3) is 0 Å². The topological polar surface area (TPSA) is 114 Å². The van der Waals surface area contributed by atoms with Crippen LogP contribution in [0.4, 0.5) is 0 Å². The number of nitrogens with two attached hydrogens (primary N) is 1. The maximum atomic E-state index is 13.1. The van der Waals surface area contributed by atoms with Crippen LogP contribution in [-0.2, 0) is 19.0 Å². The summed E-state index contributed by atoms with van der Waals surface area (Å²) in [6, 6.07) is 7.24. The number of nitrogens with zero attached hydrogens (tertiary/aromatic N) is 4. The number of aryl methyl sites for hydroxylation is 2. The third-order valence-corrected chi connectivity index (χ3v) is 7.97. The number of carbonyl (C=O) groups excluding carboxylic acids is 1. The highest BCUT2D eigenvalue weighted by Crippen LogP contribution is 2.39. The molecule has 0 unspecified atom stereocenters.